The van der Waals surface area contributed by atoms with Gasteiger partial charge in [0.05, 0.1) is 18.1 Å². The van der Waals surface area contributed by atoms with Crippen LogP contribution < -0.4 is 0 Å². The van der Waals surface area contributed by atoms with Gasteiger partial charge in [-0.2, -0.15) is 0 Å². The molecule has 20 heavy (non-hydrogen) atoms. The molecule has 114 valence electrons. The van der Waals surface area contributed by atoms with Gasteiger partial charge >= 0.3 is 0 Å². The number of ether oxygens (including phenoxy) is 1. The molecule has 0 aliphatic heterocycles. The molecule has 1 nitrogen and oxygen atoms in total. The van der Waals surface area contributed by atoms with Crippen molar-refractivity contribution in [2.75, 3.05) is 25.4 Å². The van der Waals surface area contributed by atoms with E-state index in [2.05, 4.69) is 64.5 Å². The Morgan fingerprint density at radius 3 is 2.15 bits per heavy atom. The number of rotatable bonds is 7. The molecule has 0 spiro atoms. The Morgan fingerprint density at radius 2 is 1.65 bits per heavy atom. The molecule has 0 aliphatic carbocycles. The second kappa shape index (κ2) is 7.51. The van der Waals surface area contributed by atoms with Crippen molar-refractivity contribution in [3.8, 4) is 0 Å². The molecule has 0 heterocycles. The van der Waals surface area contributed by atoms with Crippen LogP contribution in [0.3, 0.4) is 0 Å². The third-order valence-corrected chi connectivity index (χ3v) is 5.15. The Morgan fingerprint density at radius 1 is 1.10 bits per heavy atom. The van der Waals surface area contributed by atoms with E-state index in [1.165, 1.54) is 16.9 Å². The lowest BCUT2D eigenvalue weighted by molar-refractivity contribution is 0.0108. The Labute approximate surface area is 128 Å². The van der Waals surface area contributed by atoms with Crippen LogP contribution in [0.5, 0.6) is 0 Å². The molecule has 0 aliphatic rings. The highest BCUT2D eigenvalue weighted by molar-refractivity contribution is 7.95. The minimum atomic E-state index is -0.0552. The molecule has 0 bridgehead atoms. The molecule has 0 aromatic heterocycles. The fourth-order valence-electron chi connectivity index (χ4n) is 2.71. The molecule has 1 aromatic carbocycles. The van der Waals surface area contributed by atoms with Crippen LogP contribution in [-0.2, 0) is 15.6 Å². The average molecular weight is 296 g/mol. The van der Waals surface area contributed by atoms with Crippen molar-refractivity contribution in [3.63, 3.8) is 0 Å². The van der Waals surface area contributed by atoms with Crippen molar-refractivity contribution in [2.45, 2.75) is 51.6 Å². The summed E-state index contributed by atoms with van der Waals surface area (Å²) < 4.78 is 5.56. The van der Waals surface area contributed by atoms with Crippen molar-refractivity contribution >= 4 is 10.9 Å². The van der Waals surface area contributed by atoms with Gasteiger partial charge in [-0.1, -0.05) is 38.1 Å². The summed E-state index contributed by atoms with van der Waals surface area (Å²) in [6, 6.07) is 9.13. The number of hydrogen-bond donors (Lipinski definition) is 0. The van der Waals surface area contributed by atoms with Gasteiger partial charge in [-0.15, -0.1) is 0 Å². The molecule has 2 atom stereocenters. The minimum Gasteiger partial charge on any atom is -0.379 e. The highest BCUT2D eigenvalue weighted by atomic mass is 32.2. The number of hydrogen-bond acceptors (Lipinski definition) is 1. The summed E-state index contributed by atoms with van der Waals surface area (Å²) in [6.07, 6.45) is 5.70. The van der Waals surface area contributed by atoms with Gasteiger partial charge in [0.1, 0.15) is 5.75 Å². The molecule has 0 N–H and O–H groups in total. The SMILES string of the molecule is COC(C)(C)CC(C)c1cccc(C(C)C[S+](C)C)c1. The van der Waals surface area contributed by atoms with Gasteiger partial charge in [-0.3, -0.25) is 0 Å². The monoisotopic (exact) mass is 295 g/mol. The van der Waals surface area contributed by atoms with Crippen molar-refractivity contribution in [1.29, 1.82) is 0 Å². The van der Waals surface area contributed by atoms with Gasteiger partial charge in [-0.05, 0) is 48.2 Å². The third kappa shape index (κ3) is 5.49. The zero-order valence-electron chi connectivity index (χ0n) is 14.2. The van der Waals surface area contributed by atoms with E-state index in [-0.39, 0.29) is 5.60 Å². The summed E-state index contributed by atoms with van der Waals surface area (Å²) in [7, 11) is 2.30. The van der Waals surface area contributed by atoms with Gasteiger partial charge in [0.25, 0.3) is 0 Å². The van der Waals surface area contributed by atoms with E-state index in [1.807, 2.05) is 0 Å². The van der Waals surface area contributed by atoms with Crippen molar-refractivity contribution < 1.29 is 4.74 Å². The molecule has 1 rings (SSSR count). The summed E-state index contributed by atoms with van der Waals surface area (Å²) in [6.45, 7) is 8.97. The highest BCUT2D eigenvalue weighted by Gasteiger charge is 2.22. The van der Waals surface area contributed by atoms with Gasteiger partial charge in [0.2, 0.25) is 0 Å². The zero-order chi connectivity index (χ0) is 15.3. The summed E-state index contributed by atoms with van der Waals surface area (Å²) in [5.41, 5.74) is 2.86. The maximum absolute atomic E-state index is 5.56. The molecule has 0 fully saturated rings. The van der Waals surface area contributed by atoms with Crippen LogP contribution in [0, 0.1) is 0 Å². The first-order valence-electron chi connectivity index (χ1n) is 7.44. The first kappa shape index (κ1) is 17.6. The summed E-state index contributed by atoms with van der Waals surface area (Å²) in [5.74, 6) is 2.45. The molecule has 0 amide bonds. The molecule has 0 saturated carbocycles. The zero-order valence-corrected chi connectivity index (χ0v) is 15.0. The predicted octanol–water partition coefficient (Wildman–Crippen LogP) is 4.59. The summed E-state index contributed by atoms with van der Waals surface area (Å²) >= 11 is 0. The normalized spacial score (nSPS) is 15.4. The van der Waals surface area contributed by atoms with Gasteiger partial charge in [0.15, 0.2) is 0 Å². The number of methoxy groups -OCH3 is 1. The predicted molar refractivity (Wildman–Crippen MR) is 93.1 cm³/mol. The van der Waals surface area contributed by atoms with E-state index in [4.69, 9.17) is 4.74 Å². The molecule has 2 unspecified atom stereocenters. The van der Waals surface area contributed by atoms with Crippen LogP contribution in [0.1, 0.15) is 57.1 Å². The lowest BCUT2D eigenvalue weighted by Crippen LogP contribution is -2.24. The second-order valence-corrected chi connectivity index (χ2v) is 9.10. The van der Waals surface area contributed by atoms with E-state index in [9.17, 15) is 0 Å². The highest BCUT2D eigenvalue weighted by Crippen LogP contribution is 2.29. The summed E-state index contributed by atoms with van der Waals surface area (Å²) in [5, 5.41) is 0. The first-order chi connectivity index (χ1) is 9.25. The topological polar surface area (TPSA) is 9.23 Å². The first-order valence-corrected chi connectivity index (χ1v) is 9.65. The van der Waals surface area contributed by atoms with Gasteiger partial charge in [-0.25, -0.2) is 0 Å². The van der Waals surface area contributed by atoms with E-state index in [1.54, 1.807) is 7.11 Å². The minimum absolute atomic E-state index is 0.0552. The molecule has 0 radical (unpaired) electrons. The Kier molecular flexibility index (Phi) is 6.60. The molecular formula is C18H31OS+. The second-order valence-electron chi connectivity index (χ2n) is 6.79. The van der Waals surface area contributed by atoms with Crippen LogP contribution in [0.2, 0.25) is 0 Å². The maximum Gasteiger partial charge on any atom is 0.114 e. The maximum atomic E-state index is 5.56. The van der Waals surface area contributed by atoms with E-state index < -0.39 is 0 Å². The number of benzene rings is 1. The standard InChI is InChI=1S/C18H31OS/c1-14(12-18(3,4)19-5)16-9-8-10-17(11-16)15(2)13-20(6)7/h8-11,14-15H,12-13H2,1-7H3/q+1. The lowest BCUT2D eigenvalue weighted by atomic mass is 9.87. The summed E-state index contributed by atoms with van der Waals surface area (Å²) in [4.78, 5) is 0. The smallest absolute Gasteiger partial charge is 0.114 e. The molecule has 2 heteroatoms. The Hall–Kier alpha value is -0.470. The third-order valence-electron chi connectivity index (χ3n) is 3.98. The fourth-order valence-corrected chi connectivity index (χ4v) is 3.90. The van der Waals surface area contributed by atoms with Crippen molar-refractivity contribution in [3.05, 3.63) is 35.4 Å². The molecule has 1 aromatic rings. The Balaban J connectivity index is 2.82. The molecule has 0 saturated heterocycles. The Bertz CT molecular complexity index is 412. The van der Waals surface area contributed by atoms with E-state index in [0.29, 0.717) is 22.7 Å². The van der Waals surface area contributed by atoms with Crippen LogP contribution >= 0.6 is 0 Å². The van der Waals surface area contributed by atoms with E-state index in [0.717, 1.165) is 6.42 Å². The largest absolute Gasteiger partial charge is 0.379 e. The van der Waals surface area contributed by atoms with Crippen molar-refractivity contribution in [1.82, 2.24) is 0 Å². The van der Waals surface area contributed by atoms with Crippen LogP contribution in [0.15, 0.2) is 24.3 Å². The van der Waals surface area contributed by atoms with Crippen LogP contribution in [0.25, 0.3) is 0 Å². The molecular weight excluding hydrogens is 264 g/mol. The fraction of sp³-hybridized carbons (Fsp3) is 0.667. The van der Waals surface area contributed by atoms with Crippen LogP contribution in [0.4, 0.5) is 0 Å². The lowest BCUT2D eigenvalue weighted by Gasteiger charge is -2.27. The average Bonchev–Trinajstić information content (AvgIpc) is 2.37. The quantitative estimate of drug-likeness (QED) is 0.669. The van der Waals surface area contributed by atoms with Gasteiger partial charge < -0.3 is 4.74 Å². The van der Waals surface area contributed by atoms with Crippen LogP contribution in [-0.4, -0.2) is 31.0 Å². The van der Waals surface area contributed by atoms with Crippen molar-refractivity contribution in [2.24, 2.45) is 0 Å². The van der Waals surface area contributed by atoms with E-state index >= 15 is 0 Å². The van der Waals surface area contributed by atoms with Gasteiger partial charge in [0, 0.05) is 13.0 Å².